The van der Waals surface area contributed by atoms with Crippen molar-refractivity contribution >= 4 is 49.4 Å². The van der Waals surface area contributed by atoms with Crippen molar-refractivity contribution in [1.29, 1.82) is 0 Å². The van der Waals surface area contributed by atoms with Crippen LogP contribution in [0, 0.1) is 0 Å². The van der Waals surface area contributed by atoms with Crippen molar-refractivity contribution in [2.24, 2.45) is 0 Å². The Morgan fingerprint density at radius 1 is 0.243 bits per heavy atom. The Morgan fingerprint density at radius 2 is 0.622 bits per heavy atom. The van der Waals surface area contributed by atoms with E-state index in [-0.39, 0.29) is 10.8 Å². The average Bonchev–Trinajstić information content (AvgIpc) is 4.21. The summed E-state index contributed by atoms with van der Waals surface area (Å²) >= 11 is 0. The van der Waals surface area contributed by atoms with E-state index in [0.29, 0.717) is 0 Å². The van der Waals surface area contributed by atoms with Crippen LogP contribution in [0.5, 0.6) is 0 Å². The van der Waals surface area contributed by atoms with Gasteiger partial charge in [0.2, 0.25) is 0 Å². The molecule has 348 valence electrons. The summed E-state index contributed by atoms with van der Waals surface area (Å²) in [5, 5.41) is 7.60. The zero-order valence-electron chi connectivity index (χ0n) is 42.0. The largest absolute Gasteiger partial charge is 0.310 e. The summed E-state index contributed by atoms with van der Waals surface area (Å²) in [5.74, 6) is 0. The number of hydrogen-bond donors (Lipinski definition) is 0. The molecule has 0 radical (unpaired) electrons. The van der Waals surface area contributed by atoms with E-state index in [4.69, 9.17) is 0 Å². The second-order valence-electron chi connectivity index (χ2n) is 22.2. The van der Waals surface area contributed by atoms with Crippen LogP contribution in [0.3, 0.4) is 0 Å². The molecule has 0 amide bonds. The molecule has 16 rings (SSSR count). The van der Waals surface area contributed by atoms with Gasteiger partial charge < -0.3 is 4.90 Å². The molecule has 1 nitrogen and oxygen atoms in total. The SMILES string of the molecule is CC1(C)c2ccccc2-c2cccc(-c3cc4c(cc3N(c3ccc5c6ccccc6c6ccccc6c5c3)c3cccc5c3C(C)(C)c3ccccc3-5)C3(c5ccccc5-c5ccccc53)c3ccccc3-4)c21. The summed E-state index contributed by atoms with van der Waals surface area (Å²) in [6.45, 7) is 9.74. The Balaban J connectivity index is 1.09. The highest BCUT2D eigenvalue weighted by molar-refractivity contribution is 6.26. The molecule has 0 unspecified atom stereocenters. The van der Waals surface area contributed by atoms with Crippen LogP contribution in [0.2, 0.25) is 0 Å². The topological polar surface area (TPSA) is 3.24 Å². The van der Waals surface area contributed by atoms with Crippen LogP contribution in [-0.4, -0.2) is 0 Å². The molecule has 0 bridgehead atoms. The number of hydrogen-bond acceptors (Lipinski definition) is 1. The highest BCUT2D eigenvalue weighted by atomic mass is 15.1. The maximum atomic E-state index is 2.68. The molecule has 0 N–H and O–H groups in total. The van der Waals surface area contributed by atoms with E-state index < -0.39 is 5.41 Å². The third kappa shape index (κ3) is 5.19. The smallest absolute Gasteiger partial charge is 0.0726 e. The molecule has 12 aromatic carbocycles. The van der Waals surface area contributed by atoms with Gasteiger partial charge in [0.15, 0.2) is 0 Å². The van der Waals surface area contributed by atoms with E-state index in [9.17, 15) is 0 Å². The molecular weight excluding hydrogens is 891 g/mol. The summed E-state index contributed by atoms with van der Waals surface area (Å²) in [5.41, 5.74) is 26.2. The molecular formula is C73H51N. The fourth-order valence-corrected chi connectivity index (χ4v) is 15.0. The third-order valence-corrected chi connectivity index (χ3v) is 18.0. The van der Waals surface area contributed by atoms with Gasteiger partial charge in [0, 0.05) is 22.1 Å². The first-order valence-electron chi connectivity index (χ1n) is 26.3. The van der Waals surface area contributed by atoms with Gasteiger partial charge in [0.05, 0.1) is 16.8 Å². The zero-order chi connectivity index (χ0) is 49.2. The highest BCUT2D eigenvalue weighted by Crippen LogP contribution is 2.66. The van der Waals surface area contributed by atoms with E-state index in [2.05, 4.69) is 269 Å². The highest BCUT2D eigenvalue weighted by Gasteiger charge is 2.52. The first-order chi connectivity index (χ1) is 36.3. The van der Waals surface area contributed by atoms with Crippen molar-refractivity contribution in [3.63, 3.8) is 0 Å². The van der Waals surface area contributed by atoms with Crippen LogP contribution < -0.4 is 4.90 Å². The van der Waals surface area contributed by atoms with E-state index in [1.54, 1.807) is 0 Å². The van der Waals surface area contributed by atoms with E-state index >= 15 is 0 Å². The van der Waals surface area contributed by atoms with Crippen LogP contribution >= 0.6 is 0 Å². The average molecular weight is 942 g/mol. The van der Waals surface area contributed by atoms with Crippen LogP contribution in [0.15, 0.2) is 237 Å². The number of nitrogens with zero attached hydrogens (tertiary/aromatic N) is 1. The Hall–Kier alpha value is -8.78. The molecule has 0 saturated heterocycles. The number of benzene rings is 12. The standard InChI is InChI=1S/C73H51N/c1-71(2)61-33-14-9-27-52(61)55-30-19-31-57(69(55)71)60-42-59-54-29-13-18-37-65(54)73(63-35-16-11-25-50(63)51-26-12-17-36-64(51)73)66(59)43-68(60)74(67-38-20-32-56-53-28-10-15-34-62(53)72(3,4)70(56)67)44-39-40-49-47-23-6-5-21-45(47)46-22-7-8-24-48(46)58(49)41-44/h5-43H,1-4H3. The Bertz CT molecular complexity index is 4370. The van der Waals surface area contributed by atoms with Crippen molar-refractivity contribution in [1.82, 2.24) is 0 Å². The molecule has 0 aliphatic heterocycles. The summed E-state index contributed by atoms with van der Waals surface area (Å²) in [6, 6.07) is 90.6. The molecule has 0 fully saturated rings. The Morgan fingerprint density at radius 3 is 1.16 bits per heavy atom. The molecule has 1 spiro atoms. The maximum Gasteiger partial charge on any atom is 0.0726 e. The lowest BCUT2D eigenvalue weighted by atomic mass is 9.70. The van der Waals surface area contributed by atoms with Gasteiger partial charge in [-0.05, 0) is 157 Å². The van der Waals surface area contributed by atoms with Crippen LogP contribution in [0.4, 0.5) is 17.1 Å². The predicted octanol–water partition coefficient (Wildman–Crippen LogP) is 19.2. The van der Waals surface area contributed by atoms with Gasteiger partial charge in [-0.2, -0.15) is 0 Å². The predicted molar refractivity (Wildman–Crippen MR) is 311 cm³/mol. The zero-order valence-corrected chi connectivity index (χ0v) is 42.0. The summed E-state index contributed by atoms with van der Waals surface area (Å²) in [4.78, 5) is 2.68. The summed E-state index contributed by atoms with van der Waals surface area (Å²) < 4.78 is 0. The minimum atomic E-state index is -0.543. The second-order valence-corrected chi connectivity index (χ2v) is 22.2. The second kappa shape index (κ2) is 14.7. The first kappa shape index (κ1) is 41.8. The van der Waals surface area contributed by atoms with Crippen LogP contribution in [-0.2, 0) is 16.2 Å². The minimum Gasteiger partial charge on any atom is -0.310 e. The Labute approximate surface area is 432 Å². The van der Waals surface area contributed by atoms with Crippen molar-refractivity contribution in [3.05, 3.63) is 281 Å². The molecule has 0 atom stereocenters. The number of rotatable bonds is 4. The third-order valence-electron chi connectivity index (χ3n) is 18.0. The van der Waals surface area contributed by atoms with Crippen LogP contribution in [0.25, 0.3) is 88.0 Å². The molecule has 0 heterocycles. The van der Waals surface area contributed by atoms with Crippen molar-refractivity contribution in [2.45, 2.75) is 43.9 Å². The first-order valence-corrected chi connectivity index (χ1v) is 26.3. The van der Waals surface area contributed by atoms with Crippen molar-refractivity contribution < 1.29 is 0 Å². The van der Waals surface area contributed by atoms with Gasteiger partial charge in [0.1, 0.15) is 0 Å². The van der Waals surface area contributed by atoms with E-state index in [0.717, 1.165) is 5.69 Å². The van der Waals surface area contributed by atoms with Gasteiger partial charge >= 0.3 is 0 Å². The maximum absolute atomic E-state index is 2.68. The molecule has 4 aliphatic carbocycles. The van der Waals surface area contributed by atoms with Crippen molar-refractivity contribution in [3.8, 4) is 55.6 Å². The quantitative estimate of drug-likeness (QED) is 0.159. The fraction of sp³-hybridized carbons (Fsp3) is 0.0959. The molecule has 4 aliphatic rings. The molecule has 0 aromatic heterocycles. The van der Waals surface area contributed by atoms with E-state index in [1.807, 2.05) is 0 Å². The lowest BCUT2D eigenvalue weighted by molar-refractivity contribution is 0.660. The lowest BCUT2D eigenvalue weighted by Crippen LogP contribution is -2.26. The number of fused-ring (bicyclic) bond motifs is 22. The van der Waals surface area contributed by atoms with Crippen molar-refractivity contribution in [2.75, 3.05) is 4.90 Å². The molecule has 74 heavy (non-hydrogen) atoms. The van der Waals surface area contributed by atoms with Gasteiger partial charge in [-0.25, -0.2) is 0 Å². The van der Waals surface area contributed by atoms with Gasteiger partial charge in [0.25, 0.3) is 0 Å². The molecule has 0 saturated carbocycles. The molecule has 12 aromatic rings. The van der Waals surface area contributed by atoms with Gasteiger partial charge in [-0.15, -0.1) is 0 Å². The summed E-state index contributed by atoms with van der Waals surface area (Å²) in [7, 11) is 0. The fourth-order valence-electron chi connectivity index (χ4n) is 15.0. The van der Waals surface area contributed by atoms with Gasteiger partial charge in [-0.3, -0.25) is 0 Å². The van der Waals surface area contributed by atoms with E-state index in [1.165, 1.54) is 144 Å². The minimum absolute atomic E-state index is 0.257. The van der Waals surface area contributed by atoms with Gasteiger partial charge in [-0.1, -0.05) is 234 Å². The molecule has 1 heteroatoms. The monoisotopic (exact) mass is 941 g/mol. The Kier molecular flexibility index (Phi) is 8.29. The normalized spacial score (nSPS) is 15.1. The number of anilines is 3. The lowest BCUT2D eigenvalue weighted by Gasteiger charge is -2.36. The summed E-state index contributed by atoms with van der Waals surface area (Å²) in [6.07, 6.45) is 0. The van der Waals surface area contributed by atoms with Crippen LogP contribution in [0.1, 0.15) is 72.2 Å².